The number of thioether (sulfide) groups is 1. The van der Waals surface area contributed by atoms with Gasteiger partial charge >= 0.3 is 0 Å². The minimum Gasteiger partial charge on any atom is -0.446 e. The van der Waals surface area contributed by atoms with Crippen LogP contribution in [0.2, 0.25) is 0 Å². The van der Waals surface area contributed by atoms with E-state index in [0.29, 0.717) is 46.5 Å². The molecule has 3 heterocycles. The van der Waals surface area contributed by atoms with Crippen LogP contribution in [0.1, 0.15) is 22.3 Å². The van der Waals surface area contributed by atoms with Crippen molar-refractivity contribution >= 4 is 44.4 Å². The molecule has 35 heavy (non-hydrogen) atoms. The Bertz CT molecular complexity index is 1530. The van der Waals surface area contributed by atoms with Gasteiger partial charge in [0.1, 0.15) is 0 Å². The molecule has 0 amide bonds. The van der Waals surface area contributed by atoms with E-state index in [-0.39, 0.29) is 11.5 Å². The van der Waals surface area contributed by atoms with E-state index in [1.54, 1.807) is 0 Å². The van der Waals surface area contributed by atoms with E-state index in [0.717, 1.165) is 16.5 Å². The van der Waals surface area contributed by atoms with Gasteiger partial charge in [-0.05, 0) is 39.7 Å². The van der Waals surface area contributed by atoms with E-state index in [9.17, 15) is 4.79 Å². The monoisotopic (exact) mass is 545 g/mol. The Hall–Kier alpha value is -3.61. The average molecular weight is 546 g/mol. The Kier molecular flexibility index (Phi) is 6.84. The molecule has 0 saturated carbocycles. The number of halogens is 1. The zero-order valence-corrected chi connectivity index (χ0v) is 21.0. The minimum absolute atomic E-state index is 0.00142. The van der Waals surface area contributed by atoms with Crippen molar-refractivity contribution in [2.24, 2.45) is 0 Å². The number of Topliss-reactive ketones (excluding diaryl/α,β-unsaturated/α-hetero) is 1. The van der Waals surface area contributed by atoms with Crippen LogP contribution in [0, 0.1) is 11.3 Å². The second-order valence-electron chi connectivity index (χ2n) is 7.85. The number of ketones is 1. The predicted octanol–water partition coefficient (Wildman–Crippen LogP) is 6.19. The summed E-state index contributed by atoms with van der Waals surface area (Å²) in [7, 11) is 0. The summed E-state index contributed by atoms with van der Waals surface area (Å²) in [6, 6.07) is 23.6. The Balaban J connectivity index is 1.42. The van der Waals surface area contributed by atoms with Gasteiger partial charge in [-0.2, -0.15) is 5.26 Å². The zero-order valence-electron chi connectivity index (χ0n) is 18.6. The molecule has 5 rings (SSSR count). The van der Waals surface area contributed by atoms with Gasteiger partial charge in [-0.15, -0.1) is 10.2 Å². The molecule has 7 nitrogen and oxygen atoms in total. The summed E-state index contributed by atoms with van der Waals surface area (Å²) in [4.78, 5) is 13.3. The van der Waals surface area contributed by atoms with Crippen molar-refractivity contribution in [3.05, 3.63) is 88.7 Å². The number of benzene rings is 2. The summed E-state index contributed by atoms with van der Waals surface area (Å²) in [5, 5.41) is 19.3. The van der Waals surface area contributed by atoms with E-state index in [1.807, 2.05) is 82.1 Å². The van der Waals surface area contributed by atoms with Gasteiger partial charge in [0.05, 0.1) is 24.8 Å². The largest absolute Gasteiger partial charge is 0.446 e. The Morgan fingerprint density at radius 1 is 1.06 bits per heavy atom. The lowest BCUT2D eigenvalue weighted by Crippen LogP contribution is -2.07. The van der Waals surface area contributed by atoms with Crippen LogP contribution in [0.25, 0.3) is 22.5 Å². The van der Waals surface area contributed by atoms with Gasteiger partial charge in [-0.25, -0.2) is 0 Å². The van der Waals surface area contributed by atoms with Crippen LogP contribution in [0.3, 0.4) is 0 Å². The van der Waals surface area contributed by atoms with Crippen LogP contribution in [0.15, 0.2) is 87.2 Å². The number of nitrogens with zero attached hydrogens (tertiary/aromatic N) is 5. The number of rotatable bonds is 9. The van der Waals surface area contributed by atoms with Gasteiger partial charge in [0, 0.05) is 29.2 Å². The highest BCUT2D eigenvalue weighted by molar-refractivity contribution is 9.10. The minimum atomic E-state index is -0.00142. The third-order valence-electron chi connectivity index (χ3n) is 5.58. The van der Waals surface area contributed by atoms with Crippen molar-refractivity contribution in [1.82, 2.24) is 19.3 Å². The lowest BCUT2D eigenvalue weighted by atomic mass is 10.1. The van der Waals surface area contributed by atoms with Gasteiger partial charge in [-0.1, -0.05) is 60.3 Å². The maximum Gasteiger partial charge on any atom is 0.200 e. The average Bonchev–Trinajstić information content (AvgIpc) is 3.59. The molecular formula is C26H20BrN5O2S. The number of aryl methyl sites for hydroxylation is 1. The lowest BCUT2D eigenvalue weighted by molar-refractivity contribution is 0.102. The van der Waals surface area contributed by atoms with E-state index in [4.69, 9.17) is 9.68 Å². The van der Waals surface area contributed by atoms with Crippen LogP contribution in [0.5, 0.6) is 0 Å². The highest BCUT2D eigenvalue weighted by Crippen LogP contribution is 2.29. The highest BCUT2D eigenvalue weighted by atomic mass is 79.9. The summed E-state index contributed by atoms with van der Waals surface area (Å²) in [6.07, 6.45) is 2.24. The van der Waals surface area contributed by atoms with Crippen molar-refractivity contribution in [3.8, 4) is 17.7 Å². The van der Waals surface area contributed by atoms with Crippen LogP contribution < -0.4 is 0 Å². The number of para-hydroxylation sites is 1. The fraction of sp³-hybridized carbons (Fsp3) is 0.154. The molecule has 174 valence electrons. The second-order valence-corrected chi connectivity index (χ2v) is 9.58. The van der Waals surface area contributed by atoms with Gasteiger partial charge in [0.2, 0.25) is 5.82 Å². The molecular weight excluding hydrogens is 526 g/mol. The Morgan fingerprint density at radius 3 is 2.63 bits per heavy atom. The topological polar surface area (TPSA) is 89.6 Å². The quantitative estimate of drug-likeness (QED) is 0.162. The van der Waals surface area contributed by atoms with Crippen molar-refractivity contribution in [3.63, 3.8) is 0 Å². The summed E-state index contributed by atoms with van der Waals surface area (Å²) in [5.41, 5.74) is 2.69. The van der Waals surface area contributed by atoms with Crippen molar-refractivity contribution < 1.29 is 9.21 Å². The third kappa shape index (κ3) is 4.94. The van der Waals surface area contributed by atoms with Gasteiger partial charge < -0.3 is 8.98 Å². The van der Waals surface area contributed by atoms with Crippen LogP contribution >= 0.6 is 27.7 Å². The maximum absolute atomic E-state index is 13.3. The molecule has 0 aliphatic rings. The number of carbonyl (C=O) groups is 1. The number of furan rings is 1. The standard InChI is InChI=1S/C26H20BrN5O2S/c27-24-12-11-23(34-24)25-29-30-26(32(25)15-18-7-2-1-3-8-18)35-17-22(33)20-16-31(14-6-13-28)21-10-5-4-9-19(20)21/h1-5,7-12,16H,6,14-15,17H2. The maximum atomic E-state index is 13.3. The first kappa shape index (κ1) is 23.1. The Labute approximate surface area is 214 Å². The van der Waals surface area contributed by atoms with Crippen molar-refractivity contribution in [1.29, 1.82) is 5.26 Å². The van der Waals surface area contributed by atoms with Gasteiger partial charge in [0.25, 0.3) is 0 Å². The number of hydrogen-bond acceptors (Lipinski definition) is 6. The molecule has 0 saturated heterocycles. The number of hydrogen-bond donors (Lipinski definition) is 0. The molecule has 2 aromatic carbocycles. The molecule has 3 aromatic heterocycles. The molecule has 5 aromatic rings. The first-order chi connectivity index (χ1) is 17.1. The second kappa shape index (κ2) is 10.3. The number of aromatic nitrogens is 4. The lowest BCUT2D eigenvalue weighted by Gasteiger charge is -2.09. The van der Waals surface area contributed by atoms with Gasteiger partial charge in [-0.3, -0.25) is 9.36 Å². The van der Waals surface area contributed by atoms with E-state index >= 15 is 0 Å². The van der Waals surface area contributed by atoms with E-state index < -0.39 is 0 Å². The fourth-order valence-electron chi connectivity index (χ4n) is 3.95. The molecule has 0 aliphatic heterocycles. The van der Waals surface area contributed by atoms with Crippen LogP contribution in [0.4, 0.5) is 0 Å². The smallest absolute Gasteiger partial charge is 0.200 e. The summed E-state index contributed by atoms with van der Waals surface area (Å²) in [5.74, 6) is 1.40. The van der Waals surface area contributed by atoms with Crippen molar-refractivity contribution in [2.45, 2.75) is 24.7 Å². The zero-order chi connectivity index (χ0) is 24.2. The van der Waals surface area contributed by atoms with E-state index in [1.165, 1.54) is 11.8 Å². The van der Waals surface area contributed by atoms with Crippen LogP contribution in [-0.2, 0) is 13.1 Å². The molecule has 0 N–H and O–H groups in total. The molecule has 0 bridgehead atoms. The van der Waals surface area contributed by atoms with Crippen LogP contribution in [-0.4, -0.2) is 30.9 Å². The summed E-state index contributed by atoms with van der Waals surface area (Å²) >= 11 is 4.70. The third-order valence-corrected chi connectivity index (χ3v) is 6.97. The predicted molar refractivity (Wildman–Crippen MR) is 138 cm³/mol. The number of nitriles is 1. The van der Waals surface area contributed by atoms with Crippen molar-refractivity contribution in [2.75, 3.05) is 5.75 Å². The molecule has 0 radical (unpaired) electrons. The summed E-state index contributed by atoms with van der Waals surface area (Å²) in [6.45, 7) is 1.09. The summed E-state index contributed by atoms with van der Waals surface area (Å²) < 4.78 is 10.3. The first-order valence-electron chi connectivity index (χ1n) is 11.0. The normalized spacial score (nSPS) is 11.1. The SMILES string of the molecule is N#CCCn1cc(C(=O)CSc2nnc(-c3ccc(Br)o3)n2Cc2ccccc2)c2ccccc21. The number of carbonyl (C=O) groups excluding carboxylic acids is 1. The van der Waals surface area contributed by atoms with Gasteiger partial charge in [0.15, 0.2) is 21.4 Å². The molecule has 0 aliphatic carbocycles. The molecule has 9 heteroatoms. The molecule has 0 unspecified atom stereocenters. The molecule has 0 spiro atoms. The fourth-order valence-corrected chi connectivity index (χ4v) is 5.08. The molecule has 0 atom stereocenters. The highest BCUT2D eigenvalue weighted by Gasteiger charge is 2.20. The molecule has 0 fully saturated rings. The Morgan fingerprint density at radius 2 is 1.86 bits per heavy atom. The first-order valence-corrected chi connectivity index (χ1v) is 12.8. The van der Waals surface area contributed by atoms with E-state index in [2.05, 4.69) is 32.2 Å². The number of fused-ring (bicyclic) bond motifs is 1.